The molecule has 1 heterocycles. The molecule has 1 aliphatic heterocycles. The number of nitrogens with one attached hydrogen (secondary N) is 1. The third-order valence-corrected chi connectivity index (χ3v) is 4.39. The molecular formula is C14H26N4O2. The third-order valence-electron chi connectivity index (χ3n) is 4.39. The Labute approximate surface area is 120 Å². The van der Waals surface area contributed by atoms with Crippen molar-refractivity contribution >= 4 is 11.8 Å². The second-order valence-corrected chi connectivity index (χ2v) is 5.90. The van der Waals surface area contributed by atoms with E-state index in [0.717, 1.165) is 51.9 Å². The molecular weight excluding hydrogens is 256 g/mol. The first-order chi connectivity index (χ1) is 9.60. The molecule has 2 fully saturated rings. The topological polar surface area (TPSA) is 78.7 Å². The summed E-state index contributed by atoms with van der Waals surface area (Å²) < 4.78 is 0. The van der Waals surface area contributed by atoms with E-state index in [0.29, 0.717) is 6.54 Å². The molecule has 0 bridgehead atoms. The number of carbonyl (C=O) groups is 2. The molecule has 0 aromatic carbocycles. The molecule has 0 aromatic rings. The standard InChI is InChI=1S/C14H26N4O2/c1-16-13(19)10-17-5-7-18(8-6-17)14(20)11-3-2-4-12(15)9-11/h11-12H,2-10,15H2,1H3,(H,16,19). The molecule has 0 aromatic heterocycles. The van der Waals surface area contributed by atoms with E-state index < -0.39 is 0 Å². The average molecular weight is 282 g/mol. The normalized spacial score (nSPS) is 28.2. The summed E-state index contributed by atoms with van der Waals surface area (Å²) in [7, 11) is 1.65. The first-order valence-electron chi connectivity index (χ1n) is 7.57. The van der Waals surface area contributed by atoms with Crippen molar-refractivity contribution in [2.45, 2.75) is 31.7 Å². The molecule has 2 rings (SSSR count). The third kappa shape index (κ3) is 3.93. The monoisotopic (exact) mass is 282 g/mol. The number of piperazine rings is 1. The van der Waals surface area contributed by atoms with Crippen molar-refractivity contribution in [1.82, 2.24) is 15.1 Å². The van der Waals surface area contributed by atoms with Crippen LogP contribution in [0.15, 0.2) is 0 Å². The molecule has 0 spiro atoms. The van der Waals surface area contributed by atoms with Gasteiger partial charge < -0.3 is 16.0 Å². The Hall–Kier alpha value is -1.14. The fourth-order valence-electron chi connectivity index (χ4n) is 3.12. The fraction of sp³-hybridized carbons (Fsp3) is 0.857. The second-order valence-electron chi connectivity index (χ2n) is 5.90. The quantitative estimate of drug-likeness (QED) is 0.724. The Kier molecular flexibility index (Phi) is 5.37. The van der Waals surface area contributed by atoms with Crippen LogP contribution < -0.4 is 11.1 Å². The Morgan fingerprint density at radius 2 is 1.90 bits per heavy atom. The summed E-state index contributed by atoms with van der Waals surface area (Å²) in [5.74, 6) is 0.409. The number of nitrogens with zero attached hydrogens (tertiary/aromatic N) is 2. The Morgan fingerprint density at radius 3 is 2.50 bits per heavy atom. The van der Waals surface area contributed by atoms with E-state index in [1.165, 1.54) is 0 Å². The Bertz CT molecular complexity index is 353. The van der Waals surface area contributed by atoms with Gasteiger partial charge in [-0.2, -0.15) is 0 Å². The van der Waals surface area contributed by atoms with Crippen molar-refractivity contribution in [3.8, 4) is 0 Å². The van der Waals surface area contributed by atoms with Gasteiger partial charge in [0.05, 0.1) is 6.54 Å². The molecule has 6 nitrogen and oxygen atoms in total. The molecule has 2 amide bonds. The van der Waals surface area contributed by atoms with Crippen molar-refractivity contribution in [2.24, 2.45) is 11.7 Å². The highest BCUT2D eigenvalue weighted by molar-refractivity contribution is 5.79. The summed E-state index contributed by atoms with van der Waals surface area (Å²) in [6.45, 7) is 3.42. The van der Waals surface area contributed by atoms with Crippen LogP contribution in [0.1, 0.15) is 25.7 Å². The molecule has 0 radical (unpaired) electrons. The predicted molar refractivity (Wildman–Crippen MR) is 77.0 cm³/mol. The summed E-state index contributed by atoms with van der Waals surface area (Å²) in [4.78, 5) is 27.8. The fourth-order valence-corrected chi connectivity index (χ4v) is 3.12. The van der Waals surface area contributed by atoms with Crippen molar-refractivity contribution in [2.75, 3.05) is 39.8 Å². The van der Waals surface area contributed by atoms with Crippen molar-refractivity contribution in [1.29, 1.82) is 0 Å². The van der Waals surface area contributed by atoms with E-state index in [9.17, 15) is 9.59 Å². The van der Waals surface area contributed by atoms with Crippen LogP contribution in [0.5, 0.6) is 0 Å². The van der Waals surface area contributed by atoms with Crippen LogP contribution in [0.2, 0.25) is 0 Å². The molecule has 2 aliphatic rings. The van der Waals surface area contributed by atoms with Gasteiger partial charge in [-0.05, 0) is 19.3 Å². The molecule has 6 heteroatoms. The van der Waals surface area contributed by atoms with Gasteiger partial charge >= 0.3 is 0 Å². The zero-order valence-electron chi connectivity index (χ0n) is 12.3. The molecule has 1 aliphatic carbocycles. The SMILES string of the molecule is CNC(=O)CN1CCN(C(=O)C2CCCC(N)C2)CC1. The van der Waals surface area contributed by atoms with Crippen LogP contribution in [-0.2, 0) is 9.59 Å². The highest BCUT2D eigenvalue weighted by Gasteiger charge is 2.30. The number of likely N-dealkylation sites (N-methyl/N-ethyl adjacent to an activating group) is 1. The zero-order chi connectivity index (χ0) is 14.5. The molecule has 2 atom stereocenters. The molecule has 114 valence electrons. The summed E-state index contributed by atoms with van der Waals surface area (Å²) >= 11 is 0. The van der Waals surface area contributed by atoms with E-state index in [1.807, 2.05) is 4.90 Å². The summed E-state index contributed by atoms with van der Waals surface area (Å²) in [6, 6.07) is 0.187. The lowest BCUT2D eigenvalue weighted by atomic mass is 9.85. The van der Waals surface area contributed by atoms with Gasteiger partial charge in [0.1, 0.15) is 0 Å². The van der Waals surface area contributed by atoms with Crippen molar-refractivity contribution in [3.05, 3.63) is 0 Å². The van der Waals surface area contributed by atoms with Crippen molar-refractivity contribution in [3.63, 3.8) is 0 Å². The van der Waals surface area contributed by atoms with Gasteiger partial charge in [0.2, 0.25) is 11.8 Å². The summed E-state index contributed by atoms with van der Waals surface area (Å²) in [5, 5.41) is 2.63. The maximum atomic E-state index is 12.5. The maximum absolute atomic E-state index is 12.5. The van der Waals surface area contributed by atoms with Crippen LogP contribution in [0.4, 0.5) is 0 Å². The lowest BCUT2D eigenvalue weighted by Crippen LogP contribution is -2.52. The minimum Gasteiger partial charge on any atom is -0.358 e. The molecule has 1 saturated carbocycles. The average Bonchev–Trinajstić information content (AvgIpc) is 2.47. The molecule has 20 heavy (non-hydrogen) atoms. The number of hydrogen-bond donors (Lipinski definition) is 2. The van der Waals surface area contributed by atoms with E-state index in [2.05, 4.69) is 10.2 Å². The van der Waals surface area contributed by atoms with Gasteiger partial charge in [-0.15, -0.1) is 0 Å². The highest BCUT2D eigenvalue weighted by Crippen LogP contribution is 2.25. The first kappa shape index (κ1) is 15.3. The molecule has 1 saturated heterocycles. The second kappa shape index (κ2) is 7.04. The molecule has 2 unspecified atom stereocenters. The van der Waals surface area contributed by atoms with Gasteiger partial charge in [0.25, 0.3) is 0 Å². The number of carbonyl (C=O) groups excluding carboxylic acids is 2. The number of rotatable bonds is 3. The predicted octanol–water partition coefficient (Wildman–Crippen LogP) is -0.606. The minimum atomic E-state index is 0.0306. The van der Waals surface area contributed by atoms with Gasteiger partial charge in [-0.3, -0.25) is 14.5 Å². The summed E-state index contributed by atoms with van der Waals surface area (Å²) in [6.07, 6.45) is 3.92. The zero-order valence-corrected chi connectivity index (χ0v) is 12.3. The van der Waals surface area contributed by atoms with E-state index >= 15 is 0 Å². The molecule has 3 N–H and O–H groups in total. The minimum absolute atomic E-state index is 0.0306. The Morgan fingerprint density at radius 1 is 1.20 bits per heavy atom. The Balaban J connectivity index is 1.78. The van der Waals surface area contributed by atoms with Gasteiger partial charge in [0.15, 0.2) is 0 Å². The lowest BCUT2D eigenvalue weighted by Gasteiger charge is -2.37. The maximum Gasteiger partial charge on any atom is 0.233 e. The van der Waals surface area contributed by atoms with Crippen LogP contribution in [-0.4, -0.2) is 67.4 Å². The smallest absolute Gasteiger partial charge is 0.233 e. The number of nitrogens with two attached hydrogens (primary N) is 1. The van der Waals surface area contributed by atoms with Gasteiger partial charge in [0, 0.05) is 45.2 Å². The number of hydrogen-bond acceptors (Lipinski definition) is 4. The van der Waals surface area contributed by atoms with Crippen LogP contribution in [0.25, 0.3) is 0 Å². The van der Waals surface area contributed by atoms with E-state index in [-0.39, 0.29) is 23.8 Å². The van der Waals surface area contributed by atoms with Gasteiger partial charge in [-0.1, -0.05) is 6.42 Å². The highest BCUT2D eigenvalue weighted by atomic mass is 16.2. The largest absolute Gasteiger partial charge is 0.358 e. The van der Waals surface area contributed by atoms with Crippen molar-refractivity contribution < 1.29 is 9.59 Å². The van der Waals surface area contributed by atoms with Crippen LogP contribution >= 0.6 is 0 Å². The lowest BCUT2D eigenvalue weighted by molar-refractivity contribution is -0.138. The number of amides is 2. The van der Waals surface area contributed by atoms with Crippen LogP contribution in [0, 0.1) is 5.92 Å². The van der Waals surface area contributed by atoms with Gasteiger partial charge in [-0.25, -0.2) is 0 Å². The van der Waals surface area contributed by atoms with E-state index in [1.54, 1.807) is 7.05 Å². The van der Waals surface area contributed by atoms with E-state index in [4.69, 9.17) is 5.73 Å². The van der Waals surface area contributed by atoms with Crippen LogP contribution in [0.3, 0.4) is 0 Å². The first-order valence-corrected chi connectivity index (χ1v) is 7.57. The summed E-state index contributed by atoms with van der Waals surface area (Å²) in [5.41, 5.74) is 5.96.